The SMILES string of the molecule is C=C.C=CCc1c(-c2ccccc2)cc2ccccn12.CN. The smallest absolute Gasteiger partial charge is 0.0459 e. The number of hydrogen-bond acceptors (Lipinski definition) is 1. The fourth-order valence-corrected chi connectivity index (χ4v) is 2.39. The van der Waals surface area contributed by atoms with Crippen LogP contribution in [0.25, 0.3) is 16.6 Å². The molecule has 2 N–H and O–H groups in total. The number of rotatable bonds is 3. The summed E-state index contributed by atoms with van der Waals surface area (Å²) in [6.45, 7) is 9.86. The van der Waals surface area contributed by atoms with Crippen molar-refractivity contribution in [1.82, 2.24) is 4.40 Å². The van der Waals surface area contributed by atoms with Crippen molar-refractivity contribution in [2.45, 2.75) is 6.42 Å². The van der Waals surface area contributed by atoms with E-state index in [1.165, 1.54) is 29.4 Å². The van der Waals surface area contributed by atoms with Gasteiger partial charge in [0, 0.05) is 29.4 Å². The molecule has 2 heteroatoms. The Morgan fingerprint density at radius 3 is 2.27 bits per heavy atom. The number of hydrogen-bond donors (Lipinski definition) is 1. The molecular formula is C20H24N2. The molecular weight excluding hydrogens is 268 g/mol. The van der Waals surface area contributed by atoms with E-state index in [-0.39, 0.29) is 0 Å². The molecule has 1 aromatic carbocycles. The Morgan fingerprint density at radius 1 is 1.00 bits per heavy atom. The van der Waals surface area contributed by atoms with Gasteiger partial charge in [0.25, 0.3) is 0 Å². The van der Waals surface area contributed by atoms with Crippen molar-refractivity contribution >= 4 is 5.52 Å². The Balaban J connectivity index is 0.000000561. The van der Waals surface area contributed by atoms with Crippen LogP contribution in [-0.4, -0.2) is 11.4 Å². The fraction of sp³-hybridized carbons (Fsp3) is 0.100. The maximum absolute atomic E-state index is 4.50. The number of fused-ring (bicyclic) bond motifs is 1. The summed E-state index contributed by atoms with van der Waals surface area (Å²) in [5, 5.41) is 0. The first kappa shape index (κ1) is 17.5. The lowest BCUT2D eigenvalue weighted by atomic mass is 10.0. The van der Waals surface area contributed by atoms with E-state index in [2.05, 4.69) is 84.6 Å². The quantitative estimate of drug-likeness (QED) is 0.696. The number of aromatic nitrogens is 1. The zero-order valence-corrected chi connectivity index (χ0v) is 13.2. The molecule has 0 saturated heterocycles. The van der Waals surface area contributed by atoms with Crippen molar-refractivity contribution in [2.75, 3.05) is 7.05 Å². The molecule has 0 saturated carbocycles. The van der Waals surface area contributed by atoms with Gasteiger partial charge in [-0.15, -0.1) is 19.7 Å². The van der Waals surface area contributed by atoms with Crippen LogP contribution in [0.5, 0.6) is 0 Å². The van der Waals surface area contributed by atoms with Gasteiger partial charge in [-0.25, -0.2) is 0 Å². The van der Waals surface area contributed by atoms with Crippen molar-refractivity contribution in [2.24, 2.45) is 5.73 Å². The summed E-state index contributed by atoms with van der Waals surface area (Å²) < 4.78 is 2.24. The van der Waals surface area contributed by atoms with Crippen molar-refractivity contribution in [3.05, 3.63) is 92.3 Å². The van der Waals surface area contributed by atoms with Gasteiger partial charge in [0.1, 0.15) is 0 Å². The van der Waals surface area contributed by atoms with Gasteiger partial charge in [-0.3, -0.25) is 0 Å². The summed E-state index contributed by atoms with van der Waals surface area (Å²) >= 11 is 0. The maximum Gasteiger partial charge on any atom is 0.0459 e. The topological polar surface area (TPSA) is 30.4 Å². The molecule has 0 aliphatic rings. The first-order valence-corrected chi connectivity index (χ1v) is 7.23. The minimum absolute atomic E-state index is 0.877. The Morgan fingerprint density at radius 2 is 1.64 bits per heavy atom. The van der Waals surface area contributed by atoms with Crippen LogP contribution >= 0.6 is 0 Å². The largest absolute Gasteiger partial charge is 0.333 e. The maximum atomic E-state index is 4.50. The normalized spacial score (nSPS) is 9.18. The molecule has 3 aromatic rings. The molecule has 0 aliphatic heterocycles. The average molecular weight is 292 g/mol. The van der Waals surface area contributed by atoms with Gasteiger partial charge in [-0.1, -0.05) is 42.5 Å². The van der Waals surface area contributed by atoms with E-state index in [4.69, 9.17) is 0 Å². The molecule has 0 amide bonds. The fourth-order valence-electron chi connectivity index (χ4n) is 2.39. The summed E-state index contributed by atoms with van der Waals surface area (Å²) in [5.74, 6) is 0. The molecule has 2 heterocycles. The summed E-state index contributed by atoms with van der Waals surface area (Å²) in [5.41, 5.74) is 9.58. The number of nitrogens with two attached hydrogens (primary N) is 1. The Kier molecular flexibility index (Phi) is 7.44. The molecule has 0 unspecified atom stereocenters. The van der Waals surface area contributed by atoms with Crippen LogP contribution in [0.2, 0.25) is 0 Å². The van der Waals surface area contributed by atoms with Gasteiger partial charge in [0.15, 0.2) is 0 Å². The molecule has 0 aliphatic carbocycles. The second-order valence-corrected chi connectivity index (χ2v) is 4.36. The number of allylic oxidation sites excluding steroid dienone is 1. The van der Waals surface area contributed by atoms with Crippen LogP contribution in [0.1, 0.15) is 5.69 Å². The molecule has 0 spiro atoms. The zero-order chi connectivity index (χ0) is 16.4. The van der Waals surface area contributed by atoms with Crippen LogP contribution < -0.4 is 5.73 Å². The second-order valence-electron chi connectivity index (χ2n) is 4.36. The molecule has 3 rings (SSSR count). The van der Waals surface area contributed by atoms with Gasteiger partial charge in [0.05, 0.1) is 0 Å². The lowest BCUT2D eigenvalue weighted by Crippen LogP contribution is -1.92. The Hall–Kier alpha value is -2.58. The van der Waals surface area contributed by atoms with E-state index in [0.29, 0.717) is 0 Å². The van der Waals surface area contributed by atoms with Crippen molar-refractivity contribution < 1.29 is 0 Å². The molecule has 0 bridgehead atoms. The molecule has 0 atom stereocenters. The van der Waals surface area contributed by atoms with Crippen LogP contribution in [0.15, 0.2) is 86.6 Å². The van der Waals surface area contributed by atoms with Crippen molar-refractivity contribution in [1.29, 1.82) is 0 Å². The standard InChI is InChI=1S/C17H15N.C2H4.CH5N/c1-2-8-17-16(14-9-4-3-5-10-14)13-15-11-6-7-12-18(15)17;2*1-2/h2-7,9-13H,1,8H2;1-2H2;2H2,1H3. The van der Waals surface area contributed by atoms with E-state index in [9.17, 15) is 0 Å². The van der Waals surface area contributed by atoms with E-state index < -0.39 is 0 Å². The Bertz CT molecular complexity index is 696. The van der Waals surface area contributed by atoms with Gasteiger partial charge < -0.3 is 10.1 Å². The minimum Gasteiger partial charge on any atom is -0.333 e. The van der Waals surface area contributed by atoms with Crippen molar-refractivity contribution in [3.63, 3.8) is 0 Å². The highest BCUT2D eigenvalue weighted by Crippen LogP contribution is 2.28. The highest BCUT2D eigenvalue weighted by molar-refractivity contribution is 5.74. The predicted molar refractivity (Wildman–Crippen MR) is 98.1 cm³/mol. The van der Waals surface area contributed by atoms with Gasteiger partial charge in [0.2, 0.25) is 0 Å². The second kappa shape index (κ2) is 9.37. The van der Waals surface area contributed by atoms with E-state index in [0.717, 1.165) is 6.42 Å². The minimum atomic E-state index is 0.877. The molecule has 0 radical (unpaired) electrons. The average Bonchev–Trinajstić information content (AvgIpc) is 2.99. The molecule has 22 heavy (non-hydrogen) atoms. The lowest BCUT2D eigenvalue weighted by Gasteiger charge is -2.04. The third-order valence-corrected chi connectivity index (χ3v) is 3.21. The zero-order valence-electron chi connectivity index (χ0n) is 13.2. The summed E-state index contributed by atoms with van der Waals surface area (Å²) in [7, 11) is 1.50. The Labute approximate surface area is 133 Å². The molecule has 2 aromatic heterocycles. The van der Waals surface area contributed by atoms with Gasteiger partial charge >= 0.3 is 0 Å². The van der Waals surface area contributed by atoms with Crippen LogP contribution in [0.3, 0.4) is 0 Å². The van der Waals surface area contributed by atoms with Gasteiger partial charge in [-0.2, -0.15) is 0 Å². The predicted octanol–water partition coefficient (Wildman–Crippen LogP) is 4.71. The van der Waals surface area contributed by atoms with Crippen LogP contribution in [-0.2, 0) is 6.42 Å². The lowest BCUT2D eigenvalue weighted by molar-refractivity contribution is 1.05. The third-order valence-electron chi connectivity index (χ3n) is 3.21. The third kappa shape index (κ3) is 3.74. The number of nitrogens with zero attached hydrogens (tertiary/aromatic N) is 1. The van der Waals surface area contributed by atoms with Crippen molar-refractivity contribution in [3.8, 4) is 11.1 Å². The summed E-state index contributed by atoms with van der Waals surface area (Å²) in [6.07, 6.45) is 4.95. The van der Waals surface area contributed by atoms with E-state index >= 15 is 0 Å². The van der Waals surface area contributed by atoms with Crippen LogP contribution in [0, 0.1) is 0 Å². The monoisotopic (exact) mass is 292 g/mol. The number of benzene rings is 1. The molecule has 0 fully saturated rings. The summed E-state index contributed by atoms with van der Waals surface area (Å²) in [6, 6.07) is 19.0. The van der Waals surface area contributed by atoms with E-state index in [1.54, 1.807) is 0 Å². The van der Waals surface area contributed by atoms with Crippen LogP contribution in [0.4, 0.5) is 0 Å². The number of pyridine rings is 1. The molecule has 2 nitrogen and oxygen atoms in total. The first-order valence-electron chi connectivity index (χ1n) is 7.23. The van der Waals surface area contributed by atoms with E-state index in [1.807, 2.05) is 12.1 Å². The highest BCUT2D eigenvalue weighted by Gasteiger charge is 2.09. The highest BCUT2D eigenvalue weighted by atomic mass is 14.9. The molecule has 114 valence electrons. The summed E-state index contributed by atoms with van der Waals surface area (Å²) in [4.78, 5) is 0. The first-order chi connectivity index (χ1) is 10.9. The van der Waals surface area contributed by atoms with Gasteiger partial charge in [-0.05, 0) is 30.8 Å².